The maximum atomic E-state index is 13.6. The van der Waals surface area contributed by atoms with Crippen LogP contribution in [0.25, 0.3) is 0 Å². The minimum atomic E-state index is -0.821. The Kier molecular flexibility index (Phi) is 7.77. The van der Waals surface area contributed by atoms with E-state index < -0.39 is 11.6 Å². The van der Waals surface area contributed by atoms with Crippen molar-refractivity contribution >= 4 is 24.8 Å². The summed E-state index contributed by atoms with van der Waals surface area (Å²) < 4.78 is 17.0. The minimum absolute atomic E-state index is 0. The predicted octanol–water partition coefficient (Wildman–Crippen LogP) is 2.79. The highest BCUT2D eigenvalue weighted by Crippen LogP contribution is 2.52. The summed E-state index contributed by atoms with van der Waals surface area (Å²) in [5, 5.41) is 0. The zero-order chi connectivity index (χ0) is 21.8. The van der Waals surface area contributed by atoms with E-state index in [1.165, 1.54) is 0 Å². The lowest BCUT2D eigenvalue weighted by molar-refractivity contribution is -0.167. The van der Waals surface area contributed by atoms with Crippen molar-refractivity contribution in [1.29, 1.82) is 0 Å². The van der Waals surface area contributed by atoms with Crippen LogP contribution in [0, 0.1) is 0 Å². The first-order chi connectivity index (χ1) is 15.1. The Balaban J connectivity index is 0.00000289. The van der Waals surface area contributed by atoms with E-state index in [-0.39, 0.29) is 24.5 Å². The molecule has 7 nitrogen and oxygen atoms in total. The van der Waals surface area contributed by atoms with E-state index in [0.29, 0.717) is 32.6 Å². The molecule has 0 radical (unpaired) electrons. The first kappa shape index (κ1) is 24.0. The molecule has 1 saturated carbocycles. The van der Waals surface area contributed by atoms with Gasteiger partial charge < -0.3 is 19.1 Å². The Bertz CT molecular complexity index is 902. The number of esters is 1. The monoisotopic (exact) mass is 460 g/mol. The number of hydrogen-bond acceptors (Lipinski definition) is 6. The van der Waals surface area contributed by atoms with Gasteiger partial charge in [-0.1, -0.05) is 42.5 Å². The molecule has 0 aromatic heterocycles. The van der Waals surface area contributed by atoms with Gasteiger partial charge in [0.2, 0.25) is 6.41 Å². The van der Waals surface area contributed by atoms with Crippen molar-refractivity contribution in [2.45, 2.75) is 24.2 Å². The van der Waals surface area contributed by atoms with Gasteiger partial charge in [0, 0.05) is 38.9 Å². The summed E-state index contributed by atoms with van der Waals surface area (Å²) in [5.74, 6) is 0.438. The van der Waals surface area contributed by atoms with Gasteiger partial charge in [-0.3, -0.25) is 14.5 Å². The normalized spacial score (nSPS) is 23.6. The van der Waals surface area contributed by atoms with E-state index in [1.807, 2.05) is 54.6 Å². The van der Waals surface area contributed by atoms with Crippen molar-refractivity contribution in [3.8, 4) is 5.75 Å². The molecule has 2 aromatic rings. The number of benzene rings is 2. The van der Waals surface area contributed by atoms with Crippen LogP contribution in [0.4, 0.5) is 0 Å². The predicted molar refractivity (Wildman–Crippen MR) is 122 cm³/mol. The van der Waals surface area contributed by atoms with E-state index in [1.54, 1.807) is 19.1 Å². The Labute approximate surface area is 194 Å². The highest BCUT2D eigenvalue weighted by Gasteiger charge is 2.64. The number of carbonyl (C=O) groups excluding carboxylic acids is 2. The molecule has 32 heavy (non-hydrogen) atoms. The van der Waals surface area contributed by atoms with Gasteiger partial charge in [-0.15, -0.1) is 12.4 Å². The van der Waals surface area contributed by atoms with Gasteiger partial charge in [0.1, 0.15) is 11.2 Å². The second-order valence-electron chi connectivity index (χ2n) is 7.97. The maximum Gasteiger partial charge on any atom is 0.321 e. The van der Waals surface area contributed by atoms with Gasteiger partial charge >= 0.3 is 5.97 Å². The third-order valence-electron chi connectivity index (χ3n) is 6.28. The largest absolute Gasteiger partial charge is 0.497 e. The lowest BCUT2D eigenvalue weighted by atomic mass is 9.95. The summed E-state index contributed by atoms with van der Waals surface area (Å²) in [4.78, 5) is 28.5. The van der Waals surface area contributed by atoms with E-state index >= 15 is 0 Å². The third kappa shape index (κ3) is 4.60. The summed E-state index contributed by atoms with van der Waals surface area (Å²) in [5.41, 5.74) is 0.955. The molecule has 1 saturated heterocycles. The molecule has 2 aromatic carbocycles. The van der Waals surface area contributed by atoms with Crippen molar-refractivity contribution in [2.24, 2.45) is 0 Å². The molecule has 0 N–H and O–H groups in total. The standard InChI is InChI=1S/C24H28N2O5.ClH/c1-29-20-10-8-19(9-11-20)24(16-21(24)30-2)23(28)31-22(18-6-4-3-5-7-18)26-14-12-25(17-27)13-15-26;/h3-11,17,21-22H,12-16H2,1-2H3;1H/t21-,22?,24-;/m1./s1. The van der Waals surface area contributed by atoms with Gasteiger partial charge in [0.25, 0.3) is 0 Å². The number of methoxy groups -OCH3 is 2. The summed E-state index contributed by atoms with van der Waals surface area (Å²) in [7, 11) is 3.24. The maximum absolute atomic E-state index is 13.6. The smallest absolute Gasteiger partial charge is 0.321 e. The van der Waals surface area contributed by atoms with Crippen LogP contribution in [0.15, 0.2) is 54.6 Å². The molecule has 8 heteroatoms. The Morgan fingerprint density at radius 2 is 1.69 bits per heavy atom. The molecular formula is C24H29ClN2O5. The molecule has 1 unspecified atom stereocenters. The fourth-order valence-corrected chi connectivity index (χ4v) is 4.30. The zero-order valence-electron chi connectivity index (χ0n) is 18.3. The fraction of sp³-hybridized carbons (Fsp3) is 0.417. The highest BCUT2D eigenvalue weighted by molar-refractivity contribution is 5.88. The SMILES string of the molecule is COc1ccc([C@]2(C(=O)OC(c3ccccc3)N3CCN(C=O)CC3)C[C@H]2OC)cc1.Cl. The fourth-order valence-electron chi connectivity index (χ4n) is 4.30. The minimum Gasteiger partial charge on any atom is -0.497 e. The van der Waals surface area contributed by atoms with Crippen LogP contribution in [0.3, 0.4) is 0 Å². The zero-order valence-corrected chi connectivity index (χ0v) is 19.1. The van der Waals surface area contributed by atoms with Crippen LogP contribution in [0.5, 0.6) is 5.75 Å². The number of carbonyl (C=O) groups is 2. The third-order valence-corrected chi connectivity index (χ3v) is 6.28. The van der Waals surface area contributed by atoms with E-state index in [4.69, 9.17) is 14.2 Å². The number of halogens is 1. The Morgan fingerprint density at radius 1 is 1.03 bits per heavy atom. The Hall–Kier alpha value is -2.61. The number of nitrogens with zero attached hydrogens (tertiary/aromatic N) is 2. The van der Waals surface area contributed by atoms with Crippen LogP contribution in [-0.4, -0.2) is 68.7 Å². The number of hydrogen-bond donors (Lipinski definition) is 0. The first-order valence-corrected chi connectivity index (χ1v) is 10.5. The van der Waals surface area contributed by atoms with E-state index in [9.17, 15) is 9.59 Å². The molecule has 1 amide bonds. The summed E-state index contributed by atoms with van der Waals surface area (Å²) >= 11 is 0. The van der Waals surface area contributed by atoms with E-state index in [2.05, 4.69) is 4.90 Å². The molecule has 1 aliphatic carbocycles. The average Bonchev–Trinajstić information content (AvgIpc) is 3.59. The van der Waals surface area contributed by atoms with Crippen LogP contribution < -0.4 is 4.74 Å². The number of rotatable bonds is 8. The van der Waals surface area contributed by atoms with Crippen LogP contribution in [0.2, 0.25) is 0 Å². The number of amides is 1. The van der Waals surface area contributed by atoms with Gasteiger partial charge in [-0.05, 0) is 24.1 Å². The molecule has 2 fully saturated rings. The lowest BCUT2D eigenvalue weighted by Crippen LogP contribution is -2.48. The number of ether oxygens (including phenoxy) is 3. The second kappa shape index (κ2) is 10.3. The topological polar surface area (TPSA) is 68.3 Å². The summed E-state index contributed by atoms with van der Waals surface area (Å²) in [6.45, 7) is 2.48. The quantitative estimate of drug-likeness (QED) is 0.445. The van der Waals surface area contributed by atoms with Crippen molar-refractivity contribution in [3.63, 3.8) is 0 Å². The molecule has 1 aliphatic heterocycles. The molecule has 2 aliphatic rings. The van der Waals surface area contributed by atoms with Crippen LogP contribution >= 0.6 is 12.4 Å². The van der Waals surface area contributed by atoms with Crippen LogP contribution in [0.1, 0.15) is 23.8 Å². The summed E-state index contributed by atoms with van der Waals surface area (Å²) in [6, 6.07) is 17.2. The Morgan fingerprint density at radius 3 is 2.22 bits per heavy atom. The molecule has 0 spiro atoms. The van der Waals surface area contributed by atoms with Crippen molar-refractivity contribution in [1.82, 2.24) is 9.80 Å². The van der Waals surface area contributed by atoms with Gasteiger partial charge in [0.15, 0.2) is 6.23 Å². The summed E-state index contributed by atoms with van der Waals surface area (Å²) in [6.07, 6.45) is 0.703. The average molecular weight is 461 g/mol. The van der Waals surface area contributed by atoms with Crippen LogP contribution in [-0.2, 0) is 24.5 Å². The van der Waals surface area contributed by atoms with E-state index in [0.717, 1.165) is 23.3 Å². The molecule has 172 valence electrons. The molecule has 4 rings (SSSR count). The highest BCUT2D eigenvalue weighted by atomic mass is 35.5. The second-order valence-corrected chi connectivity index (χ2v) is 7.97. The van der Waals surface area contributed by atoms with Crippen molar-refractivity contribution < 1.29 is 23.8 Å². The van der Waals surface area contributed by atoms with Crippen molar-refractivity contribution in [3.05, 3.63) is 65.7 Å². The van der Waals surface area contributed by atoms with Crippen molar-refractivity contribution in [2.75, 3.05) is 40.4 Å². The van der Waals surface area contributed by atoms with Gasteiger partial charge in [-0.2, -0.15) is 0 Å². The molecule has 1 heterocycles. The first-order valence-electron chi connectivity index (χ1n) is 10.5. The number of piperazine rings is 1. The van der Waals surface area contributed by atoms with Gasteiger partial charge in [-0.25, -0.2) is 0 Å². The lowest BCUT2D eigenvalue weighted by Gasteiger charge is -2.38. The molecular weight excluding hydrogens is 432 g/mol. The molecule has 0 bridgehead atoms. The van der Waals surface area contributed by atoms with Gasteiger partial charge in [0.05, 0.1) is 13.2 Å². The molecule has 3 atom stereocenters.